The SMILES string of the molecule is COc1cc(N2CCCC(Nc3cccc4c3C(=O)N(C3CCC(=O)NC3=O)C4=O)C2)ccc1Nc1ncc(Cl)c(Nc2ccccc2P(C)(C)=O)n1. The third-order valence-electron chi connectivity index (χ3n) is 9.53. The number of benzene rings is 3. The highest BCUT2D eigenvalue weighted by molar-refractivity contribution is 7.70. The summed E-state index contributed by atoms with van der Waals surface area (Å²) < 4.78 is 18.7. The summed E-state index contributed by atoms with van der Waals surface area (Å²) in [5, 5.41) is 13.1. The number of hydrogen-bond donors (Lipinski definition) is 4. The Bertz CT molecular complexity index is 2190. The predicted molar refractivity (Wildman–Crippen MR) is 204 cm³/mol. The Morgan fingerprint density at radius 1 is 0.943 bits per heavy atom. The van der Waals surface area contributed by atoms with Gasteiger partial charge in [0.2, 0.25) is 17.8 Å². The Hall–Kier alpha value is -5.46. The zero-order valence-corrected chi connectivity index (χ0v) is 31.0. The summed E-state index contributed by atoms with van der Waals surface area (Å²) in [5.41, 5.74) is 3.20. The highest BCUT2D eigenvalue weighted by Crippen LogP contribution is 2.39. The second-order valence-electron chi connectivity index (χ2n) is 13.5. The van der Waals surface area contributed by atoms with Gasteiger partial charge in [-0.2, -0.15) is 4.98 Å². The molecule has 4 amide bonds. The van der Waals surface area contributed by atoms with E-state index in [0.29, 0.717) is 45.5 Å². The van der Waals surface area contributed by atoms with Crippen LogP contribution >= 0.6 is 18.7 Å². The van der Waals surface area contributed by atoms with E-state index in [-0.39, 0.29) is 36.0 Å². The molecule has 0 saturated carbocycles. The molecular formula is C37H38ClN8O6P. The number of carbonyl (C=O) groups excluding carboxylic acids is 4. The van der Waals surface area contributed by atoms with Crippen LogP contribution in [0, 0.1) is 0 Å². The van der Waals surface area contributed by atoms with Crippen LogP contribution < -0.4 is 36.2 Å². The van der Waals surface area contributed by atoms with Crippen molar-refractivity contribution in [3.8, 4) is 5.75 Å². The van der Waals surface area contributed by atoms with Crippen LogP contribution in [0.5, 0.6) is 5.75 Å². The van der Waals surface area contributed by atoms with E-state index in [9.17, 15) is 23.7 Å². The smallest absolute Gasteiger partial charge is 0.264 e. The van der Waals surface area contributed by atoms with Crippen molar-refractivity contribution in [2.75, 3.05) is 54.4 Å². The number of piperidine rings is 2. The zero-order valence-electron chi connectivity index (χ0n) is 29.3. The van der Waals surface area contributed by atoms with Gasteiger partial charge in [-0.15, -0.1) is 0 Å². The lowest BCUT2D eigenvalue weighted by molar-refractivity contribution is -0.136. The molecule has 53 heavy (non-hydrogen) atoms. The van der Waals surface area contributed by atoms with E-state index in [1.165, 1.54) is 6.20 Å². The molecule has 4 aromatic rings. The number of carbonyl (C=O) groups is 4. The summed E-state index contributed by atoms with van der Waals surface area (Å²) in [4.78, 5) is 63.3. The number of anilines is 6. The average Bonchev–Trinajstić information content (AvgIpc) is 3.39. The summed E-state index contributed by atoms with van der Waals surface area (Å²) in [7, 11) is -0.999. The number of rotatable bonds is 10. The molecule has 0 bridgehead atoms. The highest BCUT2D eigenvalue weighted by atomic mass is 35.5. The molecule has 7 rings (SSSR count). The second kappa shape index (κ2) is 14.5. The van der Waals surface area contributed by atoms with Crippen molar-refractivity contribution < 1.29 is 28.5 Å². The first kappa shape index (κ1) is 35.9. The van der Waals surface area contributed by atoms with Crippen molar-refractivity contribution in [1.82, 2.24) is 20.2 Å². The van der Waals surface area contributed by atoms with Crippen LogP contribution in [0.4, 0.5) is 34.5 Å². The van der Waals surface area contributed by atoms with Crippen LogP contribution in [0.15, 0.2) is 66.9 Å². The number of hydrogen-bond acceptors (Lipinski definition) is 12. The Morgan fingerprint density at radius 2 is 1.74 bits per heavy atom. The lowest BCUT2D eigenvalue weighted by Gasteiger charge is -2.35. The van der Waals surface area contributed by atoms with Gasteiger partial charge >= 0.3 is 0 Å². The van der Waals surface area contributed by atoms with Crippen molar-refractivity contribution >= 4 is 82.2 Å². The van der Waals surface area contributed by atoms with E-state index < -0.39 is 36.8 Å². The Morgan fingerprint density at radius 3 is 2.51 bits per heavy atom. The van der Waals surface area contributed by atoms with E-state index in [1.54, 1.807) is 38.6 Å². The Balaban J connectivity index is 1.05. The highest BCUT2D eigenvalue weighted by Gasteiger charge is 2.45. The number of ether oxygens (including phenoxy) is 1. The van der Waals surface area contributed by atoms with Crippen molar-refractivity contribution in [3.05, 3.63) is 83.0 Å². The van der Waals surface area contributed by atoms with Gasteiger partial charge in [0.15, 0.2) is 5.82 Å². The Labute approximate surface area is 311 Å². The molecule has 274 valence electrons. The van der Waals surface area contributed by atoms with Crippen LogP contribution in [0.2, 0.25) is 5.02 Å². The number of imide groups is 2. The van der Waals surface area contributed by atoms with Crippen molar-refractivity contribution in [2.45, 2.75) is 37.8 Å². The molecule has 16 heteroatoms. The standard InChI is InChI=1S/C37H38ClN8O6P/c1-52-29-18-22(13-14-25(29)42-37-39-19-24(38)33(44-37)41-26-10-4-5-12-30(26)53(2,3)51)45-17-7-8-21(20-45)40-27-11-6-9-23-32(27)36(50)46(35(23)49)28-15-16-31(47)43-34(28)48/h4-6,9-14,18-19,21,28,40H,7-8,15-17,20H2,1-3H3,(H,43,47,48)(H2,39,41,42,44). The third kappa shape index (κ3) is 7.29. The number of methoxy groups -OCH3 is 1. The third-order valence-corrected chi connectivity index (χ3v) is 11.4. The molecule has 0 aliphatic carbocycles. The summed E-state index contributed by atoms with van der Waals surface area (Å²) in [6, 6.07) is 17.1. The van der Waals surface area contributed by atoms with Gasteiger partial charge < -0.3 is 30.2 Å². The van der Waals surface area contributed by atoms with Crippen LogP contribution in [0.1, 0.15) is 46.4 Å². The minimum Gasteiger partial charge on any atom is -0.494 e. The van der Waals surface area contributed by atoms with Gasteiger partial charge in [0, 0.05) is 48.3 Å². The maximum Gasteiger partial charge on any atom is 0.264 e. The molecule has 4 N–H and O–H groups in total. The number of fused-ring (bicyclic) bond motifs is 1. The first-order valence-corrected chi connectivity index (χ1v) is 20.1. The lowest BCUT2D eigenvalue weighted by atomic mass is 10.0. The van der Waals surface area contributed by atoms with Gasteiger partial charge in [-0.05, 0) is 69.0 Å². The van der Waals surface area contributed by atoms with Gasteiger partial charge in [0.25, 0.3) is 11.8 Å². The van der Waals surface area contributed by atoms with Crippen LogP contribution in [0.3, 0.4) is 0 Å². The van der Waals surface area contributed by atoms with E-state index in [4.69, 9.17) is 16.3 Å². The maximum absolute atomic E-state index is 13.6. The van der Waals surface area contributed by atoms with Gasteiger partial charge in [-0.3, -0.25) is 29.4 Å². The number of aromatic nitrogens is 2. The molecule has 3 aliphatic rings. The number of nitrogens with one attached hydrogen (secondary N) is 4. The fourth-order valence-corrected chi connectivity index (χ4v) is 8.27. The molecule has 14 nitrogen and oxygen atoms in total. The van der Waals surface area contributed by atoms with Gasteiger partial charge in [0.05, 0.1) is 35.8 Å². The number of para-hydroxylation sites is 1. The average molecular weight is 757 g/mol. The van der Waals surface area contributed by atoms with Crippen LogP contribution in [-0.2, 0) is 14.2 Å². The minimum atomic E-state index is -2.58. The quantitative estimate of drug-likeness (QED) is 0.121. The molecular weight excluding hydrogens is 719 g/mol. The number of halogens is 1. The van der Waals surface area contributed by atoms with Crippen LogP contribution in [-0.4, -0.2) is 84.1 Å². The maximum atomic E-state index is 13.6. The van der Waals surface area contributed by atoms with E-state index in [2.05, 4.69) is 36.1 Å². The second-order valence-corrected chi connectivity index (χ2v) is 17.1. The fraction of sp³-hybridized carbons (Fsp3) is 0.297. The zero-order chi connectivity index (χ0) is 37.4. The monoisotopic (exact) mass is 756 g/mol. The summed E-state index contributed by atoms with van der Waals surface area (Å²) >= 11 is 6.46. The lowest BCUT2D eigenvalue weighted by Crippen LogP contribution is -2.54. The normalized spacial score (nSPS) is 18.8. The van der Waals surface area contributed by atoms with E-state index >= 15 is 0 Å². The summed E-state index contributed by atoms with van der Waals surface area (Å²) in [6.07, 6.45) is 3.34. The molecule has 0 spiro atoms. The van der Waals surface area contributed by atoms with E-state index in [1.807, 2.05) is 42.5 Å². The van der Waals surface area contributed by atoms with Crippen molar-refractivity contribution in [3.63, 3.8) is 0 Å². The van der Waals surface area contributed by atoms with E-state index in [0.717, 1.165) is 30.0 Å². The number of nitrogens with zero attached hydrogens (tertiary/aromatic N) is 4. The fourth-order valence-electron chi connectivity index (χ4n) is 6.98. The van der Waals surface area contributed by atoms with Gasteiger partial charge in [0.1, 0.15) is 24.0 Å². The predicted octanol–water partition coefficient (Wildman–Crippen LogP) is 5.36. The Kier molecular flexibility index (Phi) is 9.84. The largest absolute Gasteiger partial charge is 0.494 e. The first-order chi connectivity index (χ1) is 25.4. The molecule has 2 unspecified atom stereocenters. The molecule has 2 atom stereocenters. The first-order valence-electron chi connectivity index (χ1n) is 17.2. The minimum absolute atomic E-state index is 0.0561. The van der Waals surface area contributed by atoms with Crippen molar-refractivity contribution in [1.29, 1.82) is 0 Å². The van der Waals surface area contributed by atoms with Crippen molar-refractivity contribution in [2.24, 2.45) is 0 Å². The molecule has 2 fully saturated rings. The summed E-state index contributed by atoms with van der Waals surface area (Å²) in [6.45, 7) is 4.82. The van der Waals surface area contributed by atoms with Gasteiger partial charge in [-0.1, -0.05) is 29.8 Å². The van der Waals surface area contributed by atoms with Gasteiger partial charge in [-0.25, -0.2) is 4.98 Å². The van der Waals surface area contributed by atoms with Crippen LogP contribution in [0.25, 0.3) is 0 Å². The topological polar surface area (TPSA) is 175 Å². The number of amides is 4. The molecule has 0 radical (unpaired) electrons. The summed E-state index contributed by atoms with van der Waals surface area (Å²) in [5.74, 6) is -0.958. The molecule has 3 aromatic carbocycles. The molecule has 1 aromatic heterocycles. The molecule has 3 aliphatic heterocycles. The molecule has 2 saturated heterocycles. The molecule has 4 heterocycles.